The number of aromatic nitrogens is 1. The Morgan fingerprint density at radius 3 is 2.62 bits per heavy atom. The summed E-state index contributed by atoms with van der Waals surface area (Å²) in [5.74, 6) is 0. The molecule has 0 atom stereocenters. The van der Waals surface area contributed by atoms with Gasteiger partial charge in [-0.25, -0.2) is 0 Å². The molecule has 0 radical (unpaired) electrons. The van der Waals surface area contributed by atoms with Gasteiger partial charge in [-0.2, -0.15) is 0 Å². The lowest BCUT2D eigenvalue weighted by atomic mass is 10.1. The Hall–Kier alpha value is -0.890. The fourth-order valence-corrected chi connectivity index (χ4v) is 1.67. The summed E-state index contributed by atoms with van der Waals surface area (Å²) < 4.78 is 0. The molecule has 0 N–H and O–H groups in total. The number of carbonyl (C=O) groups excluding carboxylic acids is 1. The van der Waals surface area contributed by atoms with E-state index in [2.05, 4.69) is 4.98 Å². The number of rotatable bonds is 3. The maximum Gasteiger partial charge on any atom is 0.153 e. The number of pyridine rings is 1. The van der Waals surface area contributed by atoms with E-state index in [0.29, 0.717) is 10.6 Å². The summed E-state index contributed by atoms with van der Waals surface area (Å²) >= 11 is 6.02. The molecule has 0 aliphatic carbocycles. The van der Waals surface area contributed by atoms with E-state index in [1.807, 2.05) is 13.8 Å². The van der Waals surface area contributed by atoms with Crippen molar-refractivity contribution < 1.29 is 4.79 Å². The Morgan fingerprint density at radius 2 is 2.15 bits per heavy atom. The van der Waals surface area contributed by atoms with Gasteiger partial charge < -0.3 is 0 Å². The van der Waals surface area contributed by atoms with Gasteiger partial charge in [-0.05, 0) is 18.4 Å². The SMILES string of the molecule is CCc1ncc(C=O)c(Cl)c1CC. The molecule has 0 amide bonds. The van der Waals surface area contributed by atoms with Crippen molar-refractivity contribution in [1.29, 1.82) is 0 Å². The molecule has 0 saturated heterocycles. The van der Waals surface area contributed by atoms with Crippen molar-refractivity contribution in [2.45, 2.75) is 26.7 Å². The molecule has 0 aromatic carbocycles. The van der Waals surface area contributed by atoms with Crippen LogP contribution in [0.4, 0.5) is 0 Å². The highest BCUT2D eigenvalue weighted by Gasteiger charge is 2.09. The van der Waals surface area contributed by atoms with E-state index in [0.717, 1.165) is 30.4 Å². The summed E-state index contributed by atoms with van der Waals surface area (Å²) in [7, 11) is 0. The lowest BCUT2D eigenvalue weighted by Crippen LogP contribution is -1.99. The standard InChI is InChI=1S/C10H12ClNO/c1-3-8-9(4-2)12-5-7(6-13)10(8)11/h5-6H,3-4H2,1-2H3. The fraction of sp³-hybridized carbons (Fsp3) is 0.400. The maximum atomic E-state index is 10.6. The molecule has 2 nitrogen and oxygen atoms in total. The van der Waals surface area contributed by atoms with Crippen molar-refractivity contribution >= 4 is 17.9 Å². The summed E-state index contributed by atoms with van der Waals surface area (Å²) in [5, 5.41) is 0.560. The zero-order valence-corrected chi connectivity index (χ0v) is 8.56. The van der Waals surface area contributed by atoms with E-state index in [9.17, 15) is 4.79 Å². The Morgan fingerprint density at radius 1 is 1.46 bits per heavy atom. The molecule has 1 aromatic heterocycles. The van der Waals surface area contributed by atoms with Crippen molar-refractivity contribution in [2.24, 2.45) is 0 Å². The minimum absolute atomic E-state index is 0.482. The first-order chi connectivity index (χ1) is 6.24. The topological polar surface area (TPSA) is 30.0 Å². The van der Waals surface area contributed by atoms with Gasteiger partial charge in [0.1, 0.15) is 0 Å². The molecular weight excluding hydrogens is 186 g/mol. The highest BCUT2D eigenvalue weighted by molar-refractivity contribution is 6.33. The van der Waals surface area contributed by atoms with Gasteiger partial charge in [0.2, 0.25) is 0 Å². The number of hydrogen-bond acceptors (Lipinski definition) is 2. The summed E-state index contributed by atoms with van der Waals surface area (Å²) in [4.78, 5) is 14.8. The first-order valence-corrected chi connectivity index (χ1v) is 4.73. The molecule has 1 rings (SSSR count). The number of hydrogen-bond donors (Lipinski definition) is 0. The van der Waals surface area contributed by atoms with E-state index in [1.165, 1.54) is 6.20 Å². The van der Waals surface area contributed by atoms with Gasteiger partial charge in [0.25, 0.3) is 0 Å². The zero-order chi connectivity index (χ0) is 9.84. The second-order valence-electron chi connectivity index (χ2n) is 2.78. The maximum absolute atomic E-state index is 10.6. The molecule has 1 aromatic rings. The third kappa shape index (κ3) is 1.89. The summed E-state index contributed by atoms with van der Waals surface area (Å²) in [5.41, 5.74) is 2.46. The number of nitrogens with zero attached hydrogens (tertiary/aromatic N) is 1. The zero-order valence-electron chi connectivity index (χ0n) is 7.80. The van der Waals surface area contributed by atoms with E-state index in [1.54, 1.807) is 0 Å². The van der Waals surface area contributed by atoms with Crippen molar-refractivity contribution in [3.63, 3.8) is 0 Å². The van der Waals surface area contributed by atoms with Crippen LogP contribution in [0.5, 0.6) is 0 Å². The van der Waals surface area contributed by atoms with Crippen LogP contribution in [0.2, 0.25) is 5.02 Å². The number of aldehydes is 1. The minimum Gasteiger partial charge on any atom is -0.298 e. The summed E-state index contributed by atoms with van der Waals surface area (Å²) in [6.45, 7) is 4.04. The molecule has 0 aliphatic rings. The second kappa shape index (κ2) is 4.38. The normalized spacial score (nSPS) is 10.1. The minimum atomic E-state index is 0.482. The third-order valence-electron chi connectivity index (χ3n) is 2.04. The Balaban J connectivity index is 3.31. The van der Waals surface area contributed by atoms with E-state index in [-0.39, 0.29) is 0 Å². The van der Waals surface area contributed by atoms with Gasteiger partial charge >= 0.3 is 0 Å². The van der Waals surface area contributed by atoms with E-state index >= 15 is 0 Å². The Labute approximate surface area is 82.9 Å². The first kappa shape index (κ1) is 10.2. The molecule has 0 fully saturated rings. The Kier molecular flexibility index (Phi) is 3.43. The van der Waals surface area contributed by atoms with Gasteiger partial charge in [-0.15, -0.1) is 0 Å². The van der Waals surface area contributed by atoms with Crippen LogP contribution >= 0.6 is 11.6 Å². The molecular formula is C10H12ClNO. The van der Waals surface area contributed by atoms with Crippen molar-refractivity contribution in [3.8, 4) is 0 Å². The summed E-state index contributed by atoms with van der Waals surface area (Å²) in [6.07, 6.45) is 3.94. The molecule has 3 heteroatoms. The predicted molar refractivity (Wildman–Crippen MR) is 53.4 cm³/mol. The van der Waals surface area contributed by atoms with Crippen LogP contribution in [0.25, 0.3) is 0 Å². The van der Waals surface area contributed by atoms with E-state index in [4.69, 9.17) is 11.6 Å². The van der Waals surface area contributed by atoms with Crippen LogP contribution < -0.4 is 0 Å². The van der Waals surface area contributed by atoms with Crippen LogP contribution in [-0.4, -0.2) is 11.3 Å². The molecule has 0 saturated carbocycles. The monoisotopic (exact) mass is 197 g/mol. The van der Waals surface area contributed by atoms with Crippen molar-refractivity contribution in [3.05, 3.63) is 28.0 Å². The number of halogens is 1. The van der Waals surface area contributed by atoms with Gasteiger partial charge in [-0.1, -0.05) is 25.4 Å². The quantitative estimate of drug-likeness (QED) is 0.698. The highest BCUT2D eigenvalue weighted by Crippen LogP contribution is 2.22. The van der Waals surface area contributed by atoms with Gasteiger partial charge in [0, 0.05) is 11.9 Å². The van der Waals surface area contributed by atoms with Crippen molar-refractivity contribution in [1.82, 2.24) is 4.98 Å². The van der Waals surface area contributed by atoms with Crippen LogP contribution in [0.15, 0.2) is 6.20 Å². The first-order valence-electron chi connectivity index (χ1n) is 4.36. The smallest absolute Gasteiger partial charge is 0.153 e. The number of carbonyl (C=O) groups is 1. The fourth-order valence-electron chi connectivity index (χ4n) is 1.33. The average Bonchev–Trinajstić information content (AvgIpc) is 2.17. The largest absolute Gasteiger partial charge is 0.298 e. The van der Waals surface area contributed by atoms with Gasteiger partial charge in [0.05, 0.1) is 10.6 Å². The second-order valence-corrected chi connectivity index (χ2v) is 3.16. The third-order valence-corrected chi connectivity index (χ3v) is 2.49. The van der Waals surface area contributed by atoms with Crippen LogP contribution in [0.1, 0.15) is 35.5 Å². The lowest BCUT2D eigenvalue weighted by Gasteiger charge is -2.07. The molecule has 0 spiro atoms. The molecule has 0 unspecified atom stereocenters. The lowest BCUT2D eigenvalue weighted by molar-refractivity contribution is 0.112. The van der Waals surface area contributed by atoms with Crippen LogP contribution in [0, 0.1) is 0 Å². The molecule has 0 bridgehead atoms. The van der Waals surface area contributed by atoms with Crippen LogP contribution in [-0.2, 0) is 12.8 Å². The predicted octanol–water partition coefficient (Wildman–Crippen LogP) is 2.67. The highest BCUT2D eigenvalue weighted by atomic mass is 35.5. The van der Waals surface area contributed by atoms with Gasteiger partial charge in [0.15, 0.2) is 6.29 Å². The number of aryl methyl sites for hydroxylation is 1. The van der Waals surface area contributed by atoms with Crippen LogP contribution in [0.3, 0.4) is 0 Å². The average molecular weight is 198 g/mol. The van der Waals surface area contributed by atoms with Gasteiger partial charge in [-0.3, -0.25) is 9.78 Å². The van der Waals surface area contributed by atoms with E-state index < -0.39 is 0 Å². The van der Waals surface area contributed by atoms with Crippen molar-refractivity contribution in [2.75, 3.05) is 0 Å². The Bertz CT molecular complexity index is 323. The molecule has 13 heavy (non-hydrogen) atoms. The molecule has 70 valence electrons. The molecule has 1 heterocycles. The summed E-state index contributed by atoms with van der Waals surface area (Å²) in [6, 6.07) is 0. The molecule has 0 aliphatic heterocycles.